The molecule has 6 nitrogen and oxygen atoms in total. The third kappa shape index (κ3) is 4.53. The fourth-order valence-electron chi connectivity index (χ4n) is 2.05. The third-order valence-corrected chi connectivity index (χ3v) is 3.19. The van der Waals surface area contributed by atoms with E-state index in [4.69, 9.17) is 10.5 Å². The van der Waals surface area contributed by atoms with Crippen molar-refractivity contribution in [3.63, 3.8) is 0 Å². The SMILES string of the molecule is COc1cc(NC(=O)CCN)ccc1NC(=O)c1cccc(F)c1. The van der Waals surface area contributed by atoms with Gasteiger partial charge < -0.3 is 21.1 Å². The second-order valence-electron chi connectivity index (χ2n) is 4.97. The number of rotatable bonds is 6. The summed E-state index contributed by atoms with van der Waals surface area (Å²) in [5.41, 5.74) is 6.44. The fraction of sp³-hybridized carbons (Fsp3) is 0.176. The van der Waals surface area contributed by atoms with Crippen molar-refractivity contribution in [1.29, 1.82) is 0 Å². The van der Waals surface area contributed by atoms with E-state index in [1.54, 1.807) is 18.2 Å². The van der Waals surface area contributed by atoms with Crippen LogP contribution in [-0.2, 0) is 4.79 Å². The number of hydrogen-bond donors (Lipinski definition) is 3. The van der Waals surface area contributed by atoms with E-state index in [0.717, 1.165) is 6.07 Å². The Morgan fingerprint density at radius 2 is 1.96 bits per heavy atom. The van der Waals surface area contributed by atoms with E-state index < -0.39 is 11.7 Å². The molecule has 0 fully saturated rings. The number of amides is 2. The first-order valence-electron chi connectivity index (χ1n) is 7.28. The third-order valence-electron chi connectivity index (χ3n) is 3.19. The zero-order valence-corrected chi connectivity index (χ0v) is 13.1. The molecule has 2 aromatic rings. The maximum atomic E-state index is 13.2. The minimum absolute atomic E-state index is 0.192. The van der Waals surface area contributed by atoms with Crippen LogP contribution in [0.5, 0.6) is 5.75 Å². The largest absolute Gasteiger partial charge is 0.494 e. The second kappa shape index (κ2) is 8.07. The van der Waals surface area contributed by atoms with E-state index in [1.807, 2.05) is 0 Å². The van der Waals surface area contributed by atoms with Gasteiger partial charge in [-0.2, -0.15) is 0 Å². The van der Waals surface area contributed by atoms with Crippen molar-refractivity contribution in [2.45, 2.75) is 6.42 Å². The topological polar surface area (TPSA) is 93.4 Å². The van der Waals surface area contributed by atoms with E-state index in [0.29, 0.717) is 17.1 Å². The molecular weight excluding hydrogens is 313 g/mol. The van der Waals surface area contributed by atoms with Gasteiger partial charge in [0.05, 0.1) is 12.8 Å². The van der Waals surface area contributed by atoms with Crippen molar-refractivity contribution >= 4 is 23.2 Å². The minimum Gasteiger partial charge on any atom is -0.494 e. The monoisotopic (exact) mass is 331 g/mol. The van der Waals surface area contributed by atoms with E-state index in [2.05, 4.69) is 10.6 Å². The highest BCUT2D eigenvalue weighted by Crippen LogP contribution is 2.28. The smallest absolute Gasteiger partial charge is 0.255 e. The number of halogens is 1. The highest BCUT2D eigenvalue weighted by Gasteiger charge is 2.12. The molecule has 2 rings (SSSR count). The summed E-state index contributed by atoms with van der Waals surface area (Å²) in [5, 5.41) is 5.32. The van der Waals surface area contributed by atoms with Gasteiger partial charge in [-0.25, -0.2) is 4.39 Å². The molecule has 7 heteroatoms. The lowest BCUT2D eigenvalue weighted by Gasteiger charge is -2.12. The van der Waals surface area contributed by atoms with E-state index in [9.17, 15) is 14.0 Å². The van der Waals surface area contributed by atoms with Gasteiger partial charge in [0.1, 0.15) is 11.6 Å². The maximum Gasteiger partial charge on any atom is 0.255 e. The van der Waals surface area contributed by atoms with Crippen LogP contribution in [0.15, 0.2) is 42.5 Å². The first-order valence-corrected chi connectivity index (χ1v) is 7.28. The molecule has 2 aromatic carbocycles. The lowest BCUT2D eigenvalue weighted by atomic mass is 10.2. The van der Waals surface area contributed by atoms with Crippen molar-refractivity contribution in [3.05, 3.63) is 53.8 Å². The summed E-state index contributed by atoms with van der Waals surface area (Å²) in [4.78, 5) is 23.7. The zero-order valence-electron chi connectivity index (χ0n) is 13.1. The van der Waals surface area contributed by atoms with Gasteiger partial charge in [-0.3, -0.25) is 9.59 Å². The van der Waals surface area contributed by atoms with Crippen molar-refractivity contribution in [2.24, 2.45) is 5.73 Å². The molecule has 0 aliphatic rings. The molecule has 24 heavy (non-hydrogen) atoms. The molecule has 0 aliphatic heterocycles. The van der Waals surface area contributed by atoms with E-state index >= 15 is 0 Å². The van der Waals surface area contributed by atoms with Gasteiger partial charge >= 0.3 is 0 Å². The molecule has 0 radical (unpaired) electrons. The average molecular weight is 331 g/mol. The Morgan fingerprint density at radius 1 is 1.17 bits per heavy atom. The van der Waals surface area contributed by atoms with Gasteiger partial charge in [-0.15, -0.1) is 0 Å². The van der Waals surface area contributed by atoms with Crippen molar-refractivity contribution in [2.75, 3.05) is 24.3 Å². The van der Waals surface area contributed by atoms with Crippen LogP contribution in [0.25, 0.3) is 0 Å². The van der Waals surface area contributed by atoms with Crippen molar-refractivity contribution < 1.29 is 18.7 Å². The number of nitrogens with two attached hydrogens (primary N) is 1. The molecule has 0 unspecified atom stereocenters. The molecule has 0 aromatic heterocycles. The Morgan fingerprint density at radius 3 is 2.62 bits per heavy atom. The Bertz CT molecular complexity index is 750. The van der Waals surface area contributed by atoms with Gasteiger partial charge in [-0.05, 0) is 30.3 Å². The van der Waals surface area contributed by atoms with Gasteiger partial charge in [-0.1, -0.05) is 6.07 Å². The molecule has 0 aliphatic carbocycles. The Balaban J connectivity index is 2.15. The van der Waals surface area contributed by atoms with Crippen LogP contribution in [0.3, 0.4) is 0 Å². The number of anilines is 2. The molecule has 0 heterocycles. The van der Waals surface area contributed by atoms with Crippen LogP contribution in [0.4, 0.5) is 15.8 Å². The molecule has 0 atom stereocenters. The Labute approximate surface area is 138 Å². The average Bonchev–Trinajstić information content (AvgIpc) is 2.56. The number of methoxy groups -OCH3 is 1. The molecule has 0 saturated heterocycles. The minimum atomic E-state index is -0.493. The summed E-state index contributed by atoms with van der Waals surface area (Å²) in [6.45, 7) is 0.255. The predicted molar refractivity (Wildman–Crippen MR) is 89.6 cm³/mol. The molecule has 2 amide bonds. The van der Waals surface area contributed by atoms with Gasteiger partial charge in [0.2, 0.25) is 5.91 Å². The normalized spacial score (nSPS) is 10.1. The lowest BCUT2D eigenvalue weighted by Crippen LogP contribution is -2.16. The van der Waals surface area contributed by atoms with E-state index in [-0.39, 0.29) is 24.4 Å². The number of benzene rings is 2. The van der Waals surface area contributed by atoms with Crippen LogP contribution < -0.4 is 21.1 Å². The van der Waals surface area contributed by atoms with Crippen molar-refractivity contribution in [1.82, 2.24) is 0 Å². The molecule has 0 spiro atoms. The van der Waals surface area contributed by atoms with Crippen LogP contribution in [0, 0.1) is 5.82 Å². The zero-order chi connectivity index (χ0) is 17.5. The number of hydrogen-bond acceptors (Lipinski definition) is 4. The second-order valence-corrected chi connectivity index (χ2v) is 4.97. The molecule has 0 saturated carbocycles. The van der Waals surface area contributed by atoms with Crippen molar-refractivity contribution in [3.8, 4) is 5.75 Å². The number of carbonyl (C=O) groups excluding carboxylic acids is 2. The first-order chi connectivity index (χ1) is 11.5. The number of carbonyl (C=O) groups is 2. The molecule has 126 valence electrons. The quantitative estimate of drug-likeness (QED) is 0.757. The standard InChI is InChI=1S/C17H18FN3O3/c1-24-15-10-13(20-16(22)7-8-19)5-6-14(15)21-17(23)11-3-2-4-12(18)9-11/h2-6,9-10H,7-8,19H2,1H3,(H,20,22)(H,21,23). The molecule has 4 N–H and O–H groups in total. The Kier molecular flexibility index (Phi) is 5.86. The predicted octanol–water partition coefficient (Wildman–Crippen LogP) is 2.37. The van der Waals surface area contributed by atoms with Crippen LogP contribution in [0.1, 0.15) is 16.8 Å². The van der Waals surface area contributed by atoms with Gasteiger partial charge in [0, 0.05) is 30.3 Å². The lowest BCUT2D eigenvalue weighted by molar-refractivity contribution is -0.116. The molecule has 0 bridgehead atoms. The van der Waals surface area contributed by atoms with Crippen LogP contribution in [-0.4, -0.2) is 25.5 Å². The van der Waals surface area contributed by atoms with Crippen LogP contribution >= 0.6 is 0 Å². The highest BCUT2D eigenvalue weighted by molar-refractivity contribution is 6.05. The van der Waals surface area contributed by atoms with E-state index in [1.165, 1.54) is 25.3 Å². The summed E-state index contributed by atoms with van der Waals surface area (Å²) in [6.07, 6.45) is 0.209. The van der Waals surface area contributed by atoms with Gasteiger partial charge in [0.15, 0.2) is 0 Å². The highest BCUT2D eigenvalue weighted by atomic mass is 19.1. The number of nitrogens with one attached hydrogen (secondary N) is 2. The summed E-state index contributed by atoms with van der Waals surface area (Å²) in [7, 11) is 1.44. The van der Waals surface area contributed by atoms with Crippen LogP contribution in [0.2, 0.25) is 0 Å². The van der Waals surface area contributed by atoms with Gasteiger partial charge in [0.25, 0.3) is 5.91 Å². The first kappa shape index (κ1) is 17.4. The summed E-state index contributed by atoms with van der Waals surface area (Å²) >= 11 is 0. The Hall–Kier alpha value is -2.93. The summed E-state index contributed by atoms with van der Waals surface area (Å²) < 4.78 is 18.4. The molecular formula is C17H18FN3O3. The summed E-state index contributed by atoms with van der Waals surface area (Å²) in [6, 6.07) is 10.2. The maximum absolute atomic E-state index is 13.2. The fourth-order valence-corrected chi connectivity index (χ4v) is 2.05. The number of ether oxygens (including phenoxy) is 1. The summed E-state index contributed by atoms with van der Waals surface area (Å²) in [5.74, 6) is -0.804.